The molecule has 0 aliphatic carbocycles. The number of ether oxygens (including phenoxy) is 1. The van der Waals surface area contributed by atoms with Crippen LogP contribution in [-0.2, 0) is 6.61 Å². The van der Waals surface area contributed by atoms with Crippen molar-refractivity contribution in [1.82, 2.24) is 9.66 Å². The van der Waals surface area contributed by atoms with Crippen LogP contribution in [0.5, 0.6) is 5.75 Å². The Balaban J connectivity index is 1.32. The lowest BCUT2D eigenvalue weighted by Crippen LogP contribution is -2.20. The molecule has 6 aromatic rings. The van der Waals surface area contributed by atoms with E-state index >= 15 is 0 Å². The lowest BCUT2D eigenvalue weighted by molar-refractivity contribution is 0.306. The first-order valence-corrected chi connectivity index (χ1v) is 12.9. The van der Waals surface area contributed by atoms with Gasteiger partial charge in [0.05, 0.1) is 17.1 Å². The summed E-state index contributed by atoms with van der Waals surface area (Å²) in [6, 6.07) is 29.8. The number of rotatable bonds is 6. The van der Waals surface area contributed by atoms with Crippen molar-refractivity contribution in [3.63, 3.8) is 0 Å². The van der Waals surface area contributed by atoms with Crippen LogP contribution >= 0.6 is 27.5 Å². The summed E-state index contributed by atoms with van der Waals surface area (Å²) in [5.74, 6) is 1.45. The molecule has 0 aliphatic heterocycles. The van der Waals surface area contributed by atoms with Gasteiger partial charge in [0.2, 0.25) is 5.82 Å². The van der Waals surface area contributed by atoms with E-state index in [9.17, 15) is 4.79 Å². The largest absolute Gasteiger partial charge is 0.489 e. The molecule has 0 fully saturated rings. The number of nitrogens with zero attached hydrogens (tertiary/aromatic N) is 3. The molecule has 0 atom stereocenters. The molecule has 0 bridgehead atoms. The molecule has 2 aromatic heterocycles. The van der Waals surface area contributed by atoms with E-state index in [4.69, 9.17) is 25.7 Å². The van der Waals surface area contributed by atoms with Crippen molar-refractivity contribution in [2.45, 2.75) is 6.61 Å². The minimum absolute atomic E-state index is 0.296. The van der Waals surface area contributed by atoms with Crippen molar-refractivity contribution in [1.29, 1.82) is 0 Å². The Hall–Kier alpha value is -4.20. The van der Waals surface area contributed by atoms with Gasteiger partial charge in [0.25, 0.3) is 5.56 Å². The van der Waals surface area contributed by atoms with Gasteiger partial charge in [0, 0.05) is 14.9 Å². The van der Waals surface area contributed by atoms with Crippen molar-refractivity contribution in [3.05, 3.63) is 128 Å². The van der Waals surface area contributed by atoms with Gasteiger partial charge in [0.1, 0.15) is 17.9 Å². The van der Waals surface area contributed by atoms with Gasteiger partial charge in [-0.3, -0.25) is 4.79 Å². The second-order valence-corrected chi connectivity index (χ2v) is 9.94. The highest BCUT2D eigenvalue weighted by molar-refractivity contribution is 9.10. The Kier molecular flexibility index (Phi) is 6.54. The van der Waals surface area contributed by atoms with Gasteiger partial charge in [-0.05, 0) is 83.9 Å². The maximum Gasteiger partial charge on any atom is 0.282 e. The third-order valence-electron chi connectivity index (χ3n) is 5.97. The van der Waals surface area contributed by atoms with Crippen LogP contribution in [0.2, 0.25) is 5.02 Å². The quantitative estimate of drug-likeness (QED) is 0.188. The van der Waals surface area contributed by atoms with Crippen LogP contribution in [0.1, 0.15) is 11.1 Å². The Labute approximate surface area is 230 Å². The van der Waals surface area contributed by atoms with Gasteiger partial charge in [0.15, 0.2) is 5.76 Å². The van der Waals surface area contributed by atoms with Gasteiger partial charge < -0.3 is 9.15 Å². The second-order valence-electron chi connectivity index (χ2n) is 8.59. The molecule has 0 spiro atoms. The SMILES string of the molecule is O=c1c2ccccc2nc(-c2cc3cc(Cl)ccc3o2)n1N=Cc1ccc(OCc2ccc(Br)cc2)cc1. The summed E-state index contributed by atoms with van der Waals surface area (Å²) < 4.78 is 14.2. The molecular weight excluding hydrogens is 566 g/mol. The lowest BCUT2D eigenvalue weighted by atomic mass is 10.2. The molecule has 0 saturated carbocycles. The highest BCUT2D eigenvalue weighted by Crippen LogP contribution is 2.29. The molecule has 0 unspecified atom stereocenters. The minimum atomic E-state index is -0.296. The van der Waals surface area contributed by atoms with Crippen molar-refractivity contribution in [2.75, 3.05) is 0 Å². The standard InChI is InChI=1S/C30H19BrClN3O3/c31-22-9-5-20(6-10-22)18-37-24-12-7-19(8-13-24)17-33-35-29(34-26-4-2-1-3-25(26)30(35)36)28-16-21-15-23(32)11-14-27(21)38-28/h1-17H,18H2. The zero-order valence-corrected chi connectivity index (χ0v) is 22.2. The topological polar surface area (TPSA) is 69.6 Å². The number of hydrogen-bond acceptors (Lipinski definition) is 5. The summed E-state index contributed by atoms with van der Waals surface area (Å²) in [5.41, 5.74) is 2.77. The van der Waals surface area contributed by atoms with Gasteiger partial charge in [-0.1, -0.05) is 51.8 Å². The minimum Gasteiger partial charge on any atom is -0.489 e. The summed E-state index contributed by atoms with van der Waals surface area (Å²) in [6.07, 6.45) is 1.61. The summed E-state index contributed by atoms with van der Waals surface area (Å²) in [5, 5.41) is 6.37. The molecule has 6 rings (SSSR count). The third-order valence-corrected chi connectivity index (χ3v) is 6.74. The fraction of sp³-hybridized carbons (Fsp3) is 0.0333. The Morgan fingerprint density at radius 3 is 2.58 bits per heavy atom. The molecule has 0 radical (unpaired) electrons. The van der Waals surface area contributed by atoms with E-state index in [-0.39, 0.29) is 5.56 Å². The first kappa shape index (κ1) is 24.2. The Morgan fingerprint density at radius 2 is 1.76 bits per heavy atom. The monoisotopic (exact) mass is 583 g/mol. The van der Waals surface area contributed by atoms with Crippen LogP contribution in [0.4, 0.5) is 0 Å². The summed E-state index contributed by atoms with van der Waals surface area (Å²) in [4.78, 5) is 18.1. The first-order chi connectivity index (χ1) is 18.5. The molecule has 186 valence electrons. The van der Waals surface area contributed by atoms with Crippen LogP contribution < -0.4 is 10.3 Å². The fourth-order valence-corrected chi connectivity index (χ4v) is 4.48. The van der Waals surface area contributed by atoms with E-state index in [1.807, 2.05) is 54.6 Å². The molecule has 0 aliphatic rings. The average Bonchev–Trinajstić information content (AvgIpc) is 3.36. The van der Waals surface area contributed by atoms with E-state index < -0.39 is 0 Å². The summed E-state index contributed by atoms with van der Waals surface area (Å²) >= 11 is 9.58. The predicted molar refractivity (Wildman–Crippen MR) is 154 cm³/mol. The van der Waals surface area contributed by atoms with E-state index in [0.29, 0.717) is 39.7 Å². The summed E-state index contributed by atoms with van der Waals surface area (Å²) in [7, 11) is 0. The number of para-hydroxylation sites is 1. The number of benzene rings is 4. The van der Waals surface area contributed by atoms with E-state index in [2.05, 4.69) is 21.0 Å². The number of aromatic nitrogens is 2. The maximum atomic E-state index is 13.4. The van der Waals surface area contributed by atoms with E-state index in [1.165, 1.54) is 4.68 Å². The average molecular weight is 585 g/mol. The van der Waals surface area contributed by atoms with Gasteiger partial charge in [-0.25, -0.2) is 4.98 Å². The van der Waals surface area contributed by atoms with E-state index in [1.54, 1.807) is 48.7 Å². The lowest BCUT2D eigenvalue weighted by Gasteiger charge is -2.08. The highest BCUT2D eigenvalue weighted by atomic mass is 79.9. The Morgan fingerprint density at radius 1 is 0.974 bits per heavy atom. The molecule has 2 heterocycles. The zero-order chi connectivity index (χ0) is 26.1. The Bertz CT molecular complexity index is 1860. The van der Waals surface area contributed by atoms with Crippen LogP contribution in [0.15, 0.2) is 116 Å². The smallest absolute Gasteiger partial charge is 0.282 e. The predicted octanol–water partition coefficient (Wildman–Crippen LogP) is 7.69. The number of furan rings is 1. The number of fused-ring (bicyclic) bond motifs is 2. The van der Waals surface area contributed by atoms with E-state index in [0.717, 1.165) is 26.7 Å². The second kappa shape index (κ2) is 10.3. The molecule has 6 nitrogen and oxygen atoms in total. The van der Waals surface area contributed by atoms with Crippen LogP contribution in [0, 0.1) is 0 Å². The molecule has 38 heavy (non-hydrogen) atoms. The molecule has 4 aromatic carbocycles. The number of hydrogen-bond donors (Lipinski definition) is 0. The van der Waals surface area contributed by atoms with Crippen molar-refractivity contribution >= 4 is 55.6 Å². The summed E-state index contributed by atoms with van der Waals surface area (Å²) in [6.45, 7) is 0.463. The van der Waals surface area contributed by atoms with Crippen molar-refractivity contribution in [3.8, 4) is 17.3 Å². The van der Waals surface area contributed by atoms with Gasteiger partial charge >= 0.3 is 0 Å². The number of halogens is 2. The van der Waals surface area contributed by atoms with Gasteiger partial charge in [-0.2, -0.15) is 9.78 Å². The van der Waals surface area contributed by atoms with Crippen LogP contribution in [0.25, 0.3) is 33.5 Å². The normalized spacial score (nSPS) is 11.5. The van der Waals surface area contributed by atoms with Crippen LogP contribution in [-0.4, -0.2) is 15.9 Å². The molecule has 0 saturated heterocycles. The molecular formula is C30H19BrClN3O3. The first-order valence-electron chi connectivity index (χ1n) is 11.8. The van der Waals surface area contributed by atoms with Gasteiger partial charge in [-0.15, -0.1) is 0 Å². The maximum absolute atomic E-state index is 13.4. The van der Waals surface area contributed by atoms with Crippen molar-refractivity contribution < 1.29 is 9.15 Å². The molecule has 0 amide bonds. The van der Waals surface area contributed by atoms with Crippen molar-refractivity contribution in [2.24, 2.45) is 5.10 Å². The highest BCUT2D eigenvalue weighted by Gasteiger charge is 2.16. The fourth-order valence-electron chi connectivity index (χ4n) is 4.04. The molecule has 8 heteroatoms. The third kappa shape index (κ3) is 4.98. The molecule has 0 N–H and O–H groups in total. The zero-order valence-electron chi connectivity index (χ0n) is 19.8. The van der Waals surface area contributed by atoms with Crippen LogP contribution in [0.3, 0.4) is 0 Å².